The topological polar surface area (TPSA) is 80.9 Å². The third kappa shape index (κ3) is 3.33. The van der Waals surface area contributed by atoms with Crippen LogP contribution in [0.5, 0.6) is 0 Å². The highest BCUT2D eigenvalue weighted by molar-refractivity contribution is 5.79. The summed E-state index contributed by atoms with van der Waals surface area (Å²) in [5, 5.41) is 9.66. The minimum absolute atomic E-state index is 0.131. The number of nitrogens with zero attached hydrogens (tertiary/aromatic N) is 2. The van der Waals surface area contributed by atoms with Gasteiger partial charge in [0.2, 0.25) is 5.91 Å². The summed E-state index contributed by atoms with van der Waals surface area (Å²) >= 11 is 0. The van der Waals surface area contributed by atoms with Gasteiger partial charge in [0.25, 0.3) is 0 Å². The molecule has 0 radical (unpaired) electrons. The van der Waals surface area contributed by atoms with E-state index in [0.717, 1.165) is 0 Å². The average molecular weight is 274 g/mol. The Morgan fingerprint density at radius 2 is 2.11 bits per heavy atom. The number of carbonyl (C=O) groups excluding carboxylic acids is 1. The molecule has 1 fully saturated rings. The van der Waals surface area contributed by atoms with Crippen molar-refractivity contribution in [1.82, 2.24) is 15.5 Å². The standard InChI is InChI=1S/C11H13F3N4O/c12-11(13,14)7-3-6(10(19)16-5-7)4-8-1-2-9(15)18-17-8/h1-2,6-7H,3-5H2,(H2,15,18)(H,16,19)/t6-,7+/m0/s1. The lowest BCUT2D eigenvalue weighted by Gasteiger charge is -2.30. The molecular formula is C11H13F3N4O. The molecule has 2 heterocycles. The lowest BCUT2D eigenvalue weighted by molar-refractivity contribution is -0.183. The second-order valence-corrected chi connectivity index (χ2v) is 4.57. The van der Waals surface area contributed by atoms with E-state index in [1.807, 2.05) is 0 Å². The largest absolute Gasteiger partial charge is 0.393 e. The molecule has 8 heteroatoms. The maximum Gasteiger partial charge on any atom is 0.393 e. The first-order valence-electron chi connectivity index (χ1n) is 5.79. The van der Waals surface area contributed by atoms with Crippen molar-refractivity contribution in [2.75, 3.05) is 12.3 Å². The summed E-state index contributed by atoms with van der Waals surface area (Å²) in [6.45, 7) is -0.355. The average Bonchev–Trinajstić information content (AvgIpc) is 2.33. The predicted octanol–water partition coefficient (Wildman–Crippen LogP) is 0.916. The van der Waals surface area contributed by atoms with E-state index in [4.69, 9.17) is 5.73 Å². The van der Waals surface area contributed by atoms with E-state index in [-0.39, 0.29) is 31.1 Å². The number of anilines is 1. The van der Waals surface area contributed by atoms with Gasteiger partial charge >= 0.3 is 6.18 Å². The van der Waals surface area contributed by atoms with Gasteiger partial charge in [-0.25, -0.2) is 0 Å². The van der Waals surface area contributed by atoms with Crippen molar-refractivity contribution in [3.63, 3.8) is 0 Å². The fourth-order valence-electron chi connectivity index (χ4n) is 2.06. The Hall–Kier alpha value is -1.86. The summed E-state index contributed by atoms with van der Waals surface area (Å²) in [4.78, 5) is 11.6. The predicted molar refractivity (Wildman–Crippen MR) is 60.8 cm³/mol. The molecule has 1 amide bonds. The number of nitrogens with two attached hydrogens (primary N) is 1. The van der Waals surface area contributed by atoms with Gasteiger partial charge in [0.05, 0.1) is 11.6 Å². The zero-order valence-corrected chi connectivity index (χ0v) is 9.94. The van der Waals surface area contributed by atoms with Gasteiger partial charge in [0.15, 0.2) is 0 Å². The highest BCUT2D eigenvalue weighted by atomic mass is 19.4. The molecule has 0 unspecified atom stereocenters. The Bertz CT molecular complexity index is 460. The second-order valence-electron chi connectivity index (χ2n) is 4.57. The van der Waals surface area contributed by atoms with Crippen molar-refractivity contribution in [2.45, 2.75) is 19.0 Å². The molecule has 1 aliphatic heterocycles. The van der Waals surface area contributed by atoms with Crippen molar-refractivity contribution in [3.05, 3.63) is 17.8 Å². The SMILES string of the molecule is Nc1ccc(C[C@@H]2C[C@@H](C(F)(F)F)CNC2=O)nn1. The number of piperidine rings is 1. The number of nitrogen functional groups attached to an aromatic ring is 1. The number of carbonyl (C=O) groups is 1. The molecule has 0 aromatic carbocycles. The molecule has 2 atom stereocenters. The maximum absolute atomic E-state index is 12.6. The van der Waals surface area contributed by atoms with Gasteiger partial charge in [-0.1, -0.05) is 0 Å². The summed E-state index contributed by atoms with van der Waals surface area (Å²) in [6, 6.07) is 3.07. The molecular weight excluding hydrogens is 261 g/mol. The molecule has 0 saturated carbocycles. The van der Waals surface area contributed by atoms with Crippen LogP contribution in [0.4, 0.5) is 19.0 Å². The molecule has 1 aromatic rings. The molecule has 2 rings (SSSR count). The minimum Gasteiger partial charge on any atom is -0.382 e. The van der Waals surface area contributed by atoms with Crippen LogP contribution in [0.2, 0.25) is 0 Å². The van der Waals surface area contributed by atoms with E-state index in [1.54, 1.807) is 6.07 Å². The lowest BCUT2D eigenvalue weighted by Crippen LogP contribution is -2.47. The van der Waals surface area contributed by atoms with Gasteiger partial charge in [0, 0.05) is 18.9 Å². The second kappa shape index (κ2) is 5.02. The van der Waals surface area contributed by atoms with Gasteiger partial charge in [-0.3, -0.25) is 4.79 Å². The number of hydrogen-bond acceptors (Lipinski definition) is 4. The van der Waals surface area contributed by atoms with E-state index in [2.05, 4.69) is 15.5 Å². The van der Waals surface area contributed by atoms with Crippen LogP contribution in [0.3, 0.4) is 0 Å². The lowest BCUT2D eigenvalue weighted by atomic mass is 9.86. The molecule has 3 N–H and O–H groups in total. The fraction of sp³-hybridized carbons (Fsp3) is 0.545. The molecule has 0 spiro atoms. The third-order valence-corrected chi connectivity index (χ3v) is 3.12. The Morgan fingerprint density at radius 1 is 1.37 bits per heavy atom. The summed E-state index contributed by atoms with van der Waals surface area (Å²) < 4.78 is 37.9. The zero-order valence-electron chi connectivity index (χ0n) is 9.94. The number of aromatic nitrogens is 2. The Morgan fingerprint density at radius 3 is 2.68 bits per heavy atom. The Balaban J connectivity index is 2.05. The maximum atomic E-state index is 12.6. The zero-order chi connectivity index (χ0) is 14.0. The van der Waals surface area contributed by atoms with Crippen molar-refractivity contribution in [2.24, 2.45) is 11.8 Å². The number of halogens is 3. The number of rotatable bonds is 2. The highest BCUT2D eigenvalue weighted by Gasteiger charge is 2.44. The van der Waals surface area contributed by atoms with Crippen LogP contribution in [0.25, 0.3) is 0 Å². The monoisotopic (exact) mass is 274 g/mol. The Kier molecular flexibility index (Phi) is 3.59. The molecule has 1 aromatic heterocycles. The van der Waals surface area contributed by atoms with Crippen molar-refractivity contribution < 1.29 is 18.0 Å². The van der Waals surface area contributed by atoms with E-state index in [0.29, 0.717) is 5.69 Å². The van der Waals surface area contributed by atoms with Gasteiger partial charge in [0.1, 0.15) is 5.82 Å². The summed E-state index contributed by atoms with van der Waals surface area (Å²) in [6.07, 6.45) is -4.38. The molecule has 0 aliphatic carbocycles. The quantitative estimate of drug-likeness (QED) is 0.840. The van der Waals surface area contributed by atoms with E-state index in [1.165, 1.54) is 6.07 Å². The van der Waals surface area contributed by atoms with Gasteiger partial charge < -0.3 is 11.1 Å². The van der Waals surface area contributed by atoms with Crippen LogP contribution in [0, 0.1) is 11.8 Å². The third-order valence-electron chi connectivity index (χ3n) is 3.12. The first-order chi connectivity index (χ1) is 8.86. The van der Waals surface area contributed by atoms with E-state index in [9.17, 15) is 18.0 Å². The molecule has 5 nitrogen and oxygen atoms in total. The summed E-state index contributed by atoms with van der Waals surface area (Å²) in [5.74, 6) is -2.39. The van der Waals surface area contributed by atoms with Crippen LogP contribution in [0.15, 0.2) is 12.1 Å². The van der Waals surface area contributed by atoms with E-state index < -0.39 is 18.0 Å². The van der Waals surface area contributed by atoms with Crippen LogP contribution in [0.1, 0.15) is 12.1 Å². The van der Waals surface area contributed by atoms with E-state index >= 15 is 0 Å². The van der Waals surface area contributed by atoms with Crippen LogP contribution in [-0.4, -0.2) is 28.8 Å². The normalized spacial score (nSPS) is 24.1. The van der Waals surface area contributed by atoms with Crippen molar-refractivity contribution in [1.29, 1.82) is 0 Å². The number of nitrogens with one attached hydrogen (secondary N) is 1. The number of alkyl halides is 3. The van der Waals surface area contributed by atoms with Crippen LogP contribution >= 0.6 is 0 Å². The minimum atomic E-state index is -4.29. The summed E-state index contributed by atoms with van der Waals surface area (Å²) in [7, 11) is 0. The first kappa shape index (κ1) is 13.6. The van der Waals surface area contributed by atoms with Gasteiger partial charge in [-0.05, 0) is 18.6 Å². The smallest absolute Gasteiger partial charge is 0.382 e. The van der Waals surface area contributed by atoms with Crippen molar-refractivity contribution in [3.8, 4) is 0 Å². The van der Waals surface area contributed by atoms with Crippen LogP contribution < -0.4 is 11.1 Å². The van der Waals surface area contributed by atoms with Crippen LogP contribution in [-0.2, 0) is 11.2 Å². The molecule has 0 bridgehead atoms. The number of hydrogen-bond donors (Lipinski definition) is 2. The summed E-state index contributed by atoms with van der Waals surface area (Å²) in [5.41, 5.74) is 5.82. The van der Waals surface area contributed by atoms with Crippen molar-refractivity contribution >= 4 is 11.7 Å². The molecule has 104 valence electrons. The fourth-order valence-corrected chi connectivity index (χ4v) is 2.06. The number of amides is 1. The molecule has 1 saturated heterocycles. The molecule has 1 aliphatic rings. The molecule has 19 heavy (non-hydrogen) atoms. The van der Waals surface area contributed by atoms with Gasteiger partial charge in [-0.2, -0.15) is 18.3 Å². The van der Waals surface area contributed by atoms with Gasteiger partial charge in [-0.15, -0.1) is 5.10 Å². The first-order valence-corrected chi connectivity index (χ1v) is 5.79. The highest BCUT2D eigenvalue weighted by Crippen LogP contribution is 2.34. The Labute approximate surface area is 107 Å².